The zero-order valence-corrected chi connectivity index (χ0v) is 12.1. The summed E-state index contributed by atoms with van der Waals surface area (Å²) >= 11 is 0. The van der Waals surface area contributed by atoms with Crippen LogP contribution in [-0.4, -0.2) is 56.2 Å². The molecular weight excluding hydrogens is 247 g/mol. The number of carbonyl (C=O) groups excluding carboxylic acids is 1. The third-order valence-electron chi connectivity index (χ3n) is 3.16. The van der Waals surface area contributed by atoms with Crippen molar-refractivity contribution in [2.24, 2.45) is 10.9 Å². The molecule has 0 radical (unpaired) electrons. The minimum atomic E-state index is -0.329. The van der Waals surface area contributed by atoms with E-state index in [-0.39, 0.29) is 24.5 Å². The van der Waals surface area contributed by atoms with Gasteiger partial charge in [-0.25, -0.2) is 0 Å². The summed E-state index contributed by atoms with van der Waals surface area (Å²) in [6.45, 7) is 5.57. The summed E-state index contributed by atoms with van der Waals surface area (Å²) < 4.78 is 12.0. The molecule has 1 unspecified atom stereocenters. The quantitative estimate of drug-likeness (QED) is 0.441. The summed E-state index contributed by atoms with van der Waals surface area (Å²) in [5.74, 6) is 0.919. The summed E-state index contributed by atoms with van der Waals surface area (Å²) in [7, 11) is 1.69. The average Bonchev–Trinajstić information content (AvgIpc) is 2.85. The van der Waals surface area contributed by atoms with Crippen LogP contribution in [0.2, 0.25) is 0 Å². The van der Waals surface area contributed by atoms with Gasteiger partial charge in [0, 0.05) is 38.6 Å². The highest BCUT2D eigenvalue weighted by Gasteiger charge is 2.27. The first-order valence-electron chi connectivity index (χ1n) is 6.90. The fourth-order valence-electron chi connectivity index (χ4n) is 2.10. The zero-order valence-electron chi connectivity index (χ0n) is 12.1. The molecule has 0 aliphatic carbocycles. The Labute approximate surface area is 114 Å². The smallest absolute Gasteiger partial charge is 0.225 e. The van der Waals surface area contributed by atoms with Crippen molar-refractivity contribution in [2.75, 3.05) is 33.4 Å². The van der Waals surface area contributed by atoms with Gasteiger partial charge in [0.1, 0.15) is 0 Å². The molecule has 6 heteroatoms. The van der Waals surface area contributed by atoms with Gasteiger partial charge in [-0.15, -0.1) is 0 Å². The van der Waals surface area contributed by atoms with Crippen molar-refractivity contribution in [3.8, 4) is 0 Å². The Balaban J connectivity index is 2.36. The number of likely N-dealkylation sites (tertiary alicyclic amines) is 1. The summed E-state index contributed by atoms with van der Waals surface area (Å²) in [6.07, 6.45) is 1.39. The third kappa shape index (κ3) is 5.04. The van der Waals surface area contributed by atoms with E-state index in [0.717, 1.165) is 13.0 Å². The van der Waals surface area contributed by atoms with E-state index in [0.29, 0.717) is 25.5 Å². The first-order chi connectivity index (χ1) is 9.08. The minimum absolute atomic E-state index is 0.0424. The summed E-state index contributed by atoms with van der Waals surface area (Å²) in [4.78, 5) is 17.9. The fraction of sp³-hybridized carbons (Fsp3) is 0.846. The predicted octanol–water partition coefficient (Wildman–Crippen LogP) is 0.768. The van der Waals surface area contributed by atoms with Crippen LogP contribution in [0.5, 0.6) is 0 Å². The lowest BCUT2D eigenvalue weighted by Crippen LogP contribution is -2.45. The minimum Gasteiger partial charge on any atom is -0.356 e. The average molecular weight is 272 g/mol. The van der Waals surface area contributed by atoms with E-state index in [1.165, 1.54) is 0 Å². The van der Waals surface area contributed by atoms with Gasteiger partial charge in [0.25, 0.3) is 0 Å². The number of carbonyl (C=O) groups is 1. The van der Waals surface area contributed by atoms with Gasteiger partial charge in [0.2, 0.25) is 5.91 Å². The van der Waals surface area contributed by atoms with Gasteiger partial charge in [0.05, 0.1) is 6.67 Å². The van der Waals surface area contributed by atoms with Crippen LogP contribution in [0.3, 0.4) is 0 Å². The van der Waals surface area contributed by atoms with Crippen LogP contribution >= 0.6 is 0 Å². The summed E-state index contributed by atoms with van der Waals surface area (Å²) in [6, 6.07) is 0.222. The van der Waals surface area contributed by atoms with Crippen LogP contribution in [0.1, 0.15) is 26.7 Å². The molecule has 1 rings (SSSR count). The molecule has 1 saturated heterocycles. The van der Waals surface area contributed by atoms with Gasteiger partial charge >= 0.3 is 0 Å². The Hall–Kier alpha value is -1.33. The number of hydrogen-bond donors (Lipinski definition) is 2. The van der Waals surface area contributed by atoms with E-state index >= 15 is 0 Å². The number of alkyl halides is 1. The van der Waals surface area contributed by atoms with Gasteiger partial charge < -0.3 is 15.5 Å². The largest absolute Gasteiger partial charge is 0.356 e. The molecule has 1 atom stereocenters. The zero-order chi connectivity index (χ0) is 14.3. The topological polar surface area (TPSA) is 56.7 Å². The molecular formula is C13H25FN4O. The first-order valence-corrected chi connectivity index (χ1v) is 6.90. The van der Waals surface area contributed by atoms with Crippen molar-refractivity contribution in [1.82, 2.24) is 15.5 Å². The van der Waals surface area contributed by atoms with Gasteiger partial charge in [-0.1, -0.05) is 13.8 Å². The molecule has 5 nitrogen and oxygen atoms in total. The number of guanidine groups is 1. The maximum absolute atomic E-state index is 12.0. The van der Waals surface area contributed by atoms with Crippen molar-refractivity contribution in [1.29, 1.82) is 0 Å². The molecule has 1 aliphatic rings. The Morgan fingerprint density at radius 3 is 2.84 bits per heavy atom. The number of amides is 1. The van der Waals surface area contributed by atoms with Crippen LogP contribution in [-0.2, 0) is 4.79 Å². The van der Waals surface area contributed by atoms with Gasteiger partial charge in [0.15, 0.2) is 5.96 Å². The maximum Gasteiger partial charge on any atom is 0.225 e. The molecule has 2 N–H and O–H groups in total. The van der Waals surface area contributed by atoms with Crippen LogP contribution < -0.4 is 10.6 Å². The number of hydrogen-bond acceptors (Lipinski definition) is 2. The Morgan fingerprint density at radius 2 is 2.26 bits per heavy atom. The predicted molar refractivity (Wildman–Crippen MR) is 74.9 cm³/mol. The molecule has 1 aliphatic heterocycles. The van der Waals surface area contributed by atoms with Gasteiger partial charge in [-0.05, 0) is 12.8 Å². The summed E-state index contributed by atoms with van der Waals surface area (Å²) in [5, 5.41) is 6.33. The van der Waals surface area contributed by atoms with Gasteiger partial charge in [-0.3, -0.25) is 14.2 Å². The second-order valence-corrected chi connectivity index (χ2v) is 5.11. The lowest BCUT2D eigenvalue weighted by atomic mass is 10.2. The van der Waals surface area contributed by atoms with Crippen molar-refractivity contribution in [3.63, 3.8) is 0 Å². The maximum atomic E-state index is 12.0. The van der Waals surface area contributed by atoms with E-state index in [1.54, 1.807) is 7.05 Å². The SMILES string of the molecule is CN=C(NCCCF)NC1CCN(C(=O)C(C)C)C1. The monoisotopic (exact) mass is 272 g/mol. The molecule has 0 spiro atoms. The number of rotatable bonds is 5. The van der Waals surface area contributed by atoms with E-state index in [2.05, 4.69) is 15.6 Å². The highest BCUT2D eigenvalue weighted by molar-refractivity contribution is 5.81. The Morgan fingerprint density at radius 1 is 1.53 bits per heavy atom. The highest BCUT2D eigenvalue weighted by Crippen LogP contribution is 2.12. The van der Waals surface area contributed by atoms with Crippen molar-refractivity contribution in [3.05, 3.63) is 0 Å². The second-order valence-electron chi connectivity index (χ2n) is 5.11. The van der Waals surface area contributed by atoms with Crippen molar-refractivity contribution >= 4 is 11.9 Å². The molecule has 0 aromatic rings. The molecule has 0 aromatic heterocycles. The van der Waals surface area contributed by atoms with E-state index in [4.69, 9.17) is 0 Å². The van der Waals surface area contributed by atoms with E-state index < -0.39 is 0 Å². The molecule has 0 aromatic carbocycles. The molecule has 110 valence electrons. The van der Waals surface area contributed by atoms with Crippen LogP contribution in [0, 0.1) is 5.92 Å². The molecule has 1 fully saturated rings. The number of aliphatic imine (C=N–C) groups is 1. The Bertz CT molecular complexity index is 320. The Kier molecular flexibility index (Phi) is 6.59. The number of nitrogens with zero attached hydrogens (tertiary/aromatic N) is 2. The second kappa shape index (κ2) is 7.96. The first kappa shape index (κ1) is 15.7. The van der Waals surface area contributed by atoms with E-state index in [1.807, 2.05) is 18.7 Å². The normalized spacial score (nSPS) is 19.9. The molecule has 1 amide bonds. The standard InChI is InChI=1S/C13H25FN4O/c1-10(2)12(19)18-8-5-11(9-18)17-13(15-3)16-7-4-6-14/h10-11H,4-9H2,1-3H3,(H2,15,16,17). The summed E-state index contributed by atoms with van der Waals surface area (Å²) in [5.41, 5.74) is 0. The molecule has 0 bridgehead atoms. The lowest BCUT2D eigenvalue weighted by Gasteiger charge is -2.20. The van der Waals surface area contributed by atoms with Crippen molar-refractivity contribution in [2.45, 2.75) is 32.7 Å². The highest BCUT2D eigenvalue weighted by atomic mass is 19.1. The fourth-order valence-corrected chi connectivity index (χ4v) is 2.10. The molecule has 1 heterocycles. The van der Waals surface area contributed by atoms with Gasteiger partial charge in [-0.2, -0.15) is 0 Å². The lowest BCUT2D eigenvalue weighted by molar-refractivity contribution is -0.133. The van der Waals surface area contributed by atoms with Crippen LogP contribution in [0.4, 0.5) is 4.39 Å². The number of halogens is 1. The van der Waals surface area contributed by atoms with Crippen LogP contribution in [0.15, 0.2) is 4.99 Å². The van der Waals surface area contributed by atoms with E-state index in [9.17, 15) is 9.18 Å². The van der Waals surface area contributed by atoms with Crippen molar-refractivity contribution < 1.29 is 9.18 Å². The molecule has 19 heavy (non-hydrogen) atoms. The molecule has 0 saturated carbocycles. The third-order valence-corrected chi connectivity index (χ3v) is 3.16. The number of nitrogens with one attached hydrogen (secondary N) is 2. The van der Waals surface area contributed by atoms with Crippen LogP contribution in [0.25, 0.3) is 0 Å².